The summed E-state index contributed by atoms with van der Waals surface area (Å²) in [7, 11) is 0. The molecule has 0 bridgehead atoms. The van der Waals surface area contributed by atoms with Crippen LogP contribution in [0.3, 0.4) is 0 Å². The number of hydrogen-bond donors (Lipinski definition) is 2. The largest absolute Gasteiger partial charge is 0.444 e. The van der Waals surface area contributed by atoms with E-state index in [4.69, 9.17) is 10.5 Å². The van der Waals surface area contributed by atoms with Gasteiger partial charge in [-0.25, -0.2) is 4.79 Å². The molecule has 0 aliphatic rings. The number of carbonyl (C=O) groups is 1. The van der Waals surface area contributed by atoms with Gasteiger partial charge in [0, 0.05) is 5.69 Å². The second kappa shape index (κ2) is 6.38. The van der Waals surface area contributed by atoms with E-state index in [1.807, 2.05) is 45.0 Å². The number of carbonyl (C=O) groups excluding carboxylic acids is 1. The van der Waals surface area contributed by atoms with E-state index in [2.05, 4.69) is 11.9 Å². The van der Waals surface area contributed by atoms with E-state index in [0.29, 0.717) is 12.2 Å². The Bertz CT molecular complexity index is 444. The van der Waals surface area contributed by atoms with E-state index in [0.717, 1.165) is 17.6 Å². The van der Waals surface area contributed by atoms with Gasteiger partial charge in [-0.2, -0.15) is 0 Å². The number of nitrogens with two attached hydrogens (primary N) is 1. The van der Waals surface area contributed by atoms with Crippen molar-refractivity contribution in [3.05, 3.63) is 36.4 Å². The molecular weight excluding hydrogens is 240 g/mol. The summed E-state index contributed by atoms with van der Waals surface area (Å²) < 4.78 is 5.17. The first kappa shape index (κ1) is 15.2. The van der Waals surface area contributed by atoms with Crippen LogP contribution in [0, 0.1) is 0 Å². The smallest absolute Gasteiger partial charge is 0.412 e. The molecule has 0 spiro atoms. The van der Waals surface area contributed by atoms with E-state index in [-0.39, 0.29) is 0 Å². The van der Waals surface area contributed by atoms with E-state index < -0.39 is 11.7 Å². The zero-order valence-electron chi connectivity index (χ0n) is 11.8. The Morgan fingerprint density at radius 1 is 1.32 bits per heavy atom. The highest BCUT2D eigenvalue weighted by atomic mass is 16.6. The normalized spacial score (nSPS) is 10.9. The minimum absolute atomic E-state index is 0.457. The molecule has 1 aromatic carbocycles. The van der Waals surface area contributed by atoms with Crippen LogP contribution in [-0.4, -0.2) is 18.2 Å². The molecule has 19 heavy (non-hydrogen) atoms. The van der Waals surface area contributed by atoms with Crippen LogP contribution in [0.15, 0.2) is 30.8 Å². The minimum atomic E-state index is -0.501. The Labute approximate surface area is 114 Å². The molecule has 0 aliphatic carbocycles. The van der Waals surface area contributed by atoms with Crippen LogP contribution in [0.1, 0.15) is 32.8 Å². The van der Waals surface area contributed by atoms with Gasteiger partial charge in [0.25, 0.3) is 0 Å². The third-order valence-electron chi connectivity index (χ3n) is 2.38. The maximum atomic E-state index is 11.6. The van der Waals surface area contributed by atoms with Crippen LogP contribution in [0.2, 0.25) is 0 Å². The molecule has 3 N–H and O–H groups in total. The SMILES string of the molecule is C=C(CCN)c1ccc(NC(=O)OC(C)(C)C)cc1. The number of nitrogens with one attached hydrogen (secondary N) is 1. The summed E-state index contributed by atoms with van der Waals surface area (Å²) in [5.74, 6) is 0. The molecule has 0 atom stereocenters. The van der Waals surface area contributed by atoms with E-state index in [9.17, 15) is 4.79 Å². The summed E-state index contributed by atoms with van der Waals surface area (Å²) in [5.41, 5.74) is 7.70. The molecule has 104 valence electrons. The minimum Gasteiger partial charge on any atom is -0.444 e. The topological polar surface area (TPSA) is 64.3 Å². The van der Waals surface area contributed by atoms with Crippen molar-refractivity contribution in [3.63, 3.8) is 0 Å². The molecule has 0 fully saturated rings. The average Bonchev–Trinajstić information content (AvgIpc) is 2.27. The molecule has 0 saturated carbocycles. The molecule has 1 amide bonds. The number of hydrogen-bond acceptors (Lipinski definition) is 3. The third kappa shape index (κ3) is 5.57. The van der Waals surface area contributed by atoms with Gasteiger partial charge in [-0.15, -0.1) is 0 Å². The Hall–Kier alpha value is -1.81. The summed E-state index contributed by atoms with van der Waals surface area (Å²) in [4.78, 5) is 11.6. The second-order valence-corrected chi connectivity index (χ2v) is 5.35. The first-order valence-electron chi connectivity index (χ1n) is 6.30. The average molecular weight is 262 g/mol. The lowest BCUT2D eigenvalue weighted by Gasteiger charge is -2.19. The third-order valence-corrected chi connectivity index (χ3v) is 2.38. The fourth-order valence-corrected chi connectivity index (χ4v) is 1.53. The summed E-state index contributed by atoms with van der Waals surface area (Å²) in [6.45, 7) is 10.0. The molecule has 1 rings (SSSR count). The van der Waals surface area contributed by atoms with Crippen LogP contribution in [-0.2, 0) is 4.74 Å². The Balaban J connectivity index is 2.62. The highest BCUT2D eigenvalue weighted by Crippen LogP contribution is 2.18. The molecule has 1 aromatic rings. The van der Waals surface area contributed by atoms with Gasteiger partial charge in [-0.3, -0.25) is 5.32 Å². The van der Waals surface area contributed by atoms with Gasteiger partial charge in [-0.05, 0) is 57.0 Å². The zero-order chi connectivity index (χ0) is 14.5. The van der Waals surface area contributed by atoms with Crippen molar-refractivity contribution in [2.75, 3.05) is 11.9 Å². The Morgan fingerprint density at radius 3 is 2.37 bits per heavy atom. The van der Waals surface area contributed by atoms with Crippen molar-refractivity contribution in [2.24, 2.45) is 5.73 Å². The quantitative estimate of drug-likeness (QED) is 0.874. The predicted molar refractivity (Wildman–Crippen MR) is 79.0 cm³/mol. The van der Waals surface area contributed by atoms with Crippen LogP contribution in [0.25, 0.3) is 5.57 Å². The number of amides is 1. The van der Waals surface area contributed by atoms with Gasteiger partial charge >= 0.3 is 6.09 Å². The van der Waals surface area contributed by atoms with Gasteiger partial charge in [0.15, 0.2) is 0 Å². The fourth-order valence-electron chi connectivity index (χ4n) is 1.53. The Morgan fingerprint density at radius 2 is 1.89 bits per heavy atom. The maximum Gasteiger partial charge on any atom is 0.412 e. The molecule has 0 aromatic heterocycles. The van der Waals surface area contributed by atoms with Crippen LogP contribution in [0.4, 0.5) is 10.5 Å². The van der Waals surface area contributed by atoms with Crippen molar-refractivity contribution in [3.8, 4) is 0 Å². The van der Waals surface area contributed by atoms with Gasteiger partial charge in [0.1, 0.15) is 5.60 Å². The number of rotatable bonds is 4. The summed E-state index contributed by atoms with van der Waals surface area (Å²) >= 11 is 0. The van der Waals surface area contributed by atoms with Crippen molar-refractivity contribution < 1.29 is 9.53 Å². The lowest BCUT2D eigenvalue weighted by Crippen LogP contribution is -2.27. The molecule has 0 saturated heterocycles. The van der Waals surface area contributed by atoms with Crippen LogP contribution in [0.5, 0.6) is 0 Å². The van der Waals surface area contributed by atoms with Gasteiger partial charge in [0.05, 0.1) is 0 Å². The predicted octanol–water partition coefficient (Wildman–Crippen LogP) is 3.40. The first-order valence-corrected chi connectivity index (χ1v) is 6.30. The van der Waals surface area contributed by atoms with E-state index >= 15 is 0 Å². The highest BCUT2D eigenvalue weighted by molar-refractivity contribution is 5.85. The molecule has 0 heterocycles. The molecule has 0 radical (unpaired) electrons. The summed E-state index contributed by atoms with van der Waals surface area (Å²) in [6.07, 6.45) is 0.305. The standard InChI is InChI=1S/C15H22N2O2/c1-11(9-10-16)12-5-7-13(8-6-12)17-14(18)19-15(2,3)4/h5-8H,1,9-10,16H2,2-4H3,(H,17,18). The number of benzene rings is 1. The fraction of sp³-hybridized carbons (Fsp3) is 0.400. The molecular formula is C15H22N2O2. The molecule has 0 aliphatic heterocycles. The maximum absolute atomic E-state index is 11.6. The first-order chi connectivity index (χ1) is 8.81. The Kier molecular flexibility index (Phi) is 5.12. The van der Waals surface area contributed by atoms with E-state index in [1.165, 1.54) is 0 Å². The summed E-state index contributed by atoms with van der Waals surface area (Å²) in [5, 5.41) is 2.68. The monoisotopic (exact) mass is 262 g/mol. The lowest BCUT2D eigenvalue weighted by molar-refractivity contribution is 0.0636. The summed E-state index contributed by atoms with van der Waals surface area (Å²) in [6, 6.07) is 7.46. The van der Waals surface area contributed by atoms with Gasteiger partial charge in [-0.1, -0.05) is 18.7 Å². The van der Waals surface area contributed by atoms with Crippen molar-refractivity contribution in [1.29, 1.82) is 0 Å². The van der Waals surface area contributed by atoms with Crippen molar-refractivity contribution in [2.45, 2.75) is 32.8 Å². The number of ether oxygens (including phenoxy) is 1. The van der Waals surface area contributed by atoms with Gasteiger partial charge < -0.3 is 10.5 Å². The second-order valence-electron chi connectivity index (χ2n) is 5.35. The molecule has 4 nitrogen and oxygen atoms in total. The van der Waals surface area contributed by atoms with E-state index in [1.54, 1.807) is 0 Å². The molecule has 4 heteroatoms. The van der Waals surface area contributed by atoms with Crippen LogP contribution >= 0.6 is 0 Å². The lowest BCUT2D eigenvalue weighted by atomic mass is 10.0. The van der Waals surface area contributed by atoms with Crippen molar-refractivity contribution in [1.82, 2.24) is 0 Å². The number of anilines is 1. The van der Waals surface area contributed by atoms with Crippen molar-refractivity contribution >= 4 is 17.4 Å². The molecule has 0 unspecified atom stereocenters. The van der Waals surface area contributed by atoms with Crippen LogP contribution < -0.4 is 11.1 Å². The zero-order valence-corrected chi connectivity index (χ0v) is 11.8. The van der Waals surface area contributed by atoms with Gasteiger partial charge in [0.2, 0.25) is 0 Å². The highest BCUT2D eigenvalue weighted by Gasteiger charge is 2.16.